The molecule has 0 spiro atoms. The van der Waals surface area contributed by atoms with Crippen LogP contribution in [0.5, 0.6) is 0 Å². The molecule has 3 heterocycles. The Morgan fingerprint density at radius 3 is 3.03 bits per heavy atom. The number of hydrogen-bond donors (Lipinski definition) is 2. The van der Waals surface area contributed by atoms with Gasteiger partial charge in [-0.1, -0.05) is 17.8 Å². The Balaban J connectivity index is 0.00000231. The number of thiazole rings is 1. The van der Waals surface area contributed by atoms with Crippen molar-refractivity contribution in [3.8, 4) is 0 Å². The van der Waals surface area contributed by atoms with Crippen LogP contribution in [0, 0.1) is 12.8 Å². The van der Waals surface area contributed by atoms with Crippen LogP contribution in [0.3, 0.4) is 0 Å². The molecule has 1 saturated heterocycles. The lowest BCUT2D eigenvalue weighted by atomic mass is 9.95. The van der Waals surface area contributed by atoms with Crippen LogP contribution >= 0.6 is 35.5 Å². The smallest absolute Gasteiger partial charge is 0.191 e. The summed E-state index contributed by atoms with van der Waals surface area (Å²) < 4.78 is 3.20. The normalized spacial score (nSPS) is 23.2. The summed E-state index contributed by atoms with van der Waals surface area (Å²) in [6, 6.07) is 6.94. The zero-order chi connectivity index (χ0) is 20.9. The molecule has 2 aromatic heterocycles. The molecule has 1 aromatic carbocycles. The number of nitrogens with two attached hydrogens (primary N) is 2. The first-order valence-corrected chi connectivity index (χ1v) is 12.1. The van der Waals surface area contributed by atoms with E-state index in [1.807, 2.05) is 11.6 Å². The molecule has 2 aliphatic rings. The van der Waals surface area contributed by atoms with Gasteiger partial charge in [0.25, 0.3) is 0 Å². The standard InChI is InChI=1S/C21H27N7S2.ClH/c1-13-24-17-8-14(4-5-18(17)30-13)21-9-15(21)11-28(12-21)6-3-7-29-20-26-25-19(27(20)2)16(23)10-22;/h4-5,8,10,15H,3,6-7,9,11-12,22-23H2,1-2H3;1H/b16-10-;/t15-,21?;/m1./s1. The molecule has 7 nitrogen and oxygen atoms in total. The minimum absolute atomic E-state index is 0. The first-order valence-electron chi connectivity index (χ1n) is 10.3. The van der Waals surface area contributed by atoms with Gasteiger partial charge in [-0.05, 0) is 49.9 Å². The predicted octanol–water partition coefficient (Wildman–Crippen LogP) is 3.13. The summed E-state index contributed by atoms with van der Waals surface area (Å²) in [6.07, 6.45) is 3.81. The van der Waals surface area contributed by atoms with Gasteiger partial charge >= 0.3 is 0 Å². The van der Waals surface area contributed by atoms with Crippen LogP contribution in [-0.2, 0) is 12.5 Å². The molecule has 1 unspecified atom stereocenters. The van der Waals surface area contributed by atoms with Crippen molar-refractivity contribution >= 4 is 51.4 Å². The monoisotopic (exact) mass is 477 g/mol. The van der Waals surface area contributed by atoms with Crippen LogP contribution in [0.15, 0.2) is 29.6 Å². The molecule has 4 N–H and O–H groups in total. The van der Waals surface area contributed by atoms with Gasteiger partial charge in [0.05, 0.1) is 20.9 Å². The summed E-state index contributed by atoms with van der Waals surface area (Å²) in [7, 11) is 1.92. The fourth-order valence-corrected chi connectivity index (χ4v) is 6.42. The maximum atomic E-state index is 5.85. The molecule has 0 bridgehead atoms. The van der Waals surface area contributed by atoms with Crippen molar-refractivity contribution in [1.82, 2.24) is 24.6 Å². The van der Waals surface area contributed by atoms with Crippen molar-refractivity contribution in [2.75, 3.05) is 25.4 Å². The van der Waals surface area contributed by atoms with Crippen molar-refractivity contribution in [1.29, 1.82) is 0 Å². The number of piperidine rings is 1. The molecule has 166 valence electrons. The van der Waals surface area contributed by atoms with Gasteiger partial charge in [-0.25, -0.2) is 4.98 Å². The lowest BCUT2D eigenvalue weighted by Crippen LogP contribution is -2.27. The van der Waals surface area contributed by atoms with Crippen molar-refractivity contribution in [3.05, 3.63) is 40.8 Å². The third-order valence-electron chi connectivity index (χ3n) is 6.41. The topological polar surface area (TPSA) is 98.9 Å². The van der Waals surface area contributed by atoms with Crippen molar-refractivity contribution < 1.29 is 0 Å². The van der Waals surface area contributed by atoms with Crippen molar-refractivity contribution in [2.24, 2.45) is 24.4 Å². The number of likely N-dealkylation sites (tertiary alicyclic amines) is 1. The van der Waals surface area contributed by atoms with E-state index in [2.05, 4.69) is 40.2 Å². The summed E-state index contributed by atoms with van der Waals surface area (Å²) in [5, 5.41) is 10.4. The molecule has 5 rings (SSSR count). The number of nitrogens with zero attached hydrogens (tertiary/aromatic N) is 5. The summed E-state index contributed by atoms with van der Waals surface area (Å²) in [5.74, 6) is 2.43. The second-order valence-corrected chi connectivity index (χ2v) is 10.7. The van der Waals surface area contributed by atoms with Gasteiger partial charge in [0, 0.05) is 37.5 Å². The Morgan fingerprint density at radius 2 is 2.23 bits per heavy atom. The second kappa shape index (κ2) is 8.61. The van der Waals surface area contributed by atoms with E-state index in [1.165, 1.54) is 36.0 Å². The maximum absolute atomic E-state index is 5.85. The fourth-order valence-electron chi connectivity index (χ4n) is 4.77. The number of thioether (sulfide) groups is 1. The minimum atomic E-state index is 0. The highest BCUT2D eigenvalue weighted by Crippen LogP contribution is 2.59. The zero-order valence-electron chi connectivity index (χ0n) is 17.7. The highest BCUT2D eigenvalue weighted by Gasteiger charge is 2.60. The van der Waals surface area contributed by atoms with E-state index in [1.54, 1.807) is 23.1 Å². The average Bonchev–Trinajstić information content (AvgIpc) is 3.03. The van der Waals surface area contributed by atoms with Gasteiger partial charge in [-0.2, -0.15) is 0 Å². The number of halogens is 1. The summed E-state index contributed by atoms with van der Waals surface area (Å²) in [5.41, 5.74) is 14.8. The van der Waals surface area contributed by atoms with E-state index >= 15 is 0 Å². The Hall–Kier alpha value is -1.81. The molecular formula is C21H28ClN7S2. The molecule has 1 aliphatic heterocycles. The Kier molecular flexibility index (Phi) is 6.22. The third-order valence-corrected chi connectivity index (χ3v) is 8.47. The largest absolute Gasteiger partial charge is 0.403 e. The molecule has 10 heteroatoms. The zero-order valence-corrected chi connectivity index (χ0v) is 20.2. The molecule has 2 atom stereocenters. The van der Waals surface area contributed by atoms with E-state index in [0.29, 0.717) is 16.9 Å². The molecule has 3 aromatic rings. The SMILES string of the molecule is Cc1nc2cc(C34C[C@@H]3CN(CCCSc3nnc(/C(N)=C/N)n3C)C4)ccc2s1.Cl. The van der Waals surface area contributed by atoms with Gasteiger partial charge in [-0.3, -0.25) is 0 Å². The second-order valence-electron chi connectivity index (χ2n) is 8.40. The Bertz CT molecular complexity index is 1120. The molecule has 2 fully saturated rings. The number of aromatic nitrogens is 4. The van der Waals surface area contributed by atoms with Gasteiger partial charge in [0.1, 0.15) is 0 Å². The molecule has 0 amide bonds. The van der Waals surface area contributed by atoms with Crippen LogP contribution in [0.1, 0.15) is 29.2 Å². The first-order chi connectivity index (χ1) is 14.5. The number of fused-ring (bicyclic) bond motifs is 2. The number of aryl methyl sites for hydroxylation is 1. The van der Waals surface area contributed by atoms with Crippen molar-refractivity contribution in [2.45, 2.75) is 30.3 Å². The van der Waals surface area contributed by atoms with E-state index < -0.39 is 0 Å². The summed E-state index contributed by atoms with van der Waals surface area (Å²) in [4.78, 5) is 7.33. The number of hydrogen-bond acceptors (Lipinski definition) is 8. The van der Waals surface area contributed by atoms with Crippen LogP contribution in [-0.4, -0.2) is 50.0 Å². The van der Waals surface area contributed by atoms with Crippen LogP contribution in [0.2, 0.25) is 0 Å². The van der Waals surface area contributed by atoms with Crippen LogP contribution in [0.4, 0.5) is 0 Å². The highest BCUT2D eigenvalue weighted by molar-refractivity contribution is 7.99. The van der Waals surface area contributed by atoms with E-state index in [0.717, 1.165) is 40.3 Å². The van der Waals surface area contributed by atoms with Crippen LogP contribution in [0.25, 0.3) is 15.9 Å². The number of benzene rings is 1. The molecule has 0 radical (unpaired) electrons. The highest BCUT2D eigenvalue weighted by atomic mass is 35.5. The summed E-state index contributed by atoms with van der Waals surface area (Å²) >= 11 is 3.50. The van der Waals surface area contributed by atoms with Gasteiger partial charge in [-0.15, -0.1) is 33.9 Å². The van der Waals surface area contributed by atoms with E-state index in [-0.39, 0.29) is 12.4 Å². The molecular weight excluding hydrogens is 450 g/mol. The quantitative estimate of drug-likeness (QED) is 0.398. The fraction of sp³-hybridized carbons (Fsp3) is 0.476. The third kappa shape index (κ3) is 4.04. The lowest BCUT2D eigenvalue weighted by Gasteiger charge is -2.21. The van der Waals surface area contributed by atoms with Crippen LogP contribution < -0.4 is 11.5 Å². The predicted molar refractivity (Wildman–Crippen MR) is 131 cm³/mol. The molecule has 31 heavy (non-hydrogen) atoms. The summed E-state index contributed by atoms with van der Waals surface area (Å²) in [6.45, 7) is 5.59. The lowest BCUT2D eigenvalue weighted by molar-refractivity contribution is 0.299. The van der Waals surface area contributed by atoms with E-state index in [9.17, 15) is 0 Å². The molecule has 1 aliphatic carbocycles. The van der Waals surface area contributed by atoms with E-state index in [4.69, 9.17) is 16.5 Å². The first kappa shape index (κ1) is 22.4. The van der Waals surface area contributed by atoms with Gasteiger partial charge in [0.15, 0.2) is 11.0 Å². The maximum Gasteiger partial charge on any atom is 0.191 e. The Labute approximate surface area is 196 Å². The van der Waals surface area contributed by atoms with Crippen molar-refractivity contribution in [3.63, 3.8) is 0 Å². The van der Waals surface area contributed by atoms with Gasteiger partial charge < -0.3 is 20.9 Å². The average molecular weight is 478 g/mol. The molecule has 1 saturated carbocycles. The van der Waals surface area contributed by atoms with Gasteiger partial charge in [0.2, 0.25) is 0 Å². The Morgan fingerprint density at radius 1 is 1.39 bits per heavy atom. The minimum Gasteiger partial charge on any atom is -0.403 e. The number of rotatable bonds is 7.